The molecule has 2 aromatic carbocycles. The first-order chi connectivity index (χ1) is 19.7. The summed E-state index contributed by atoms with van der Waals surface area (Å²) in [6.45, 7) is 10.1. The Morgan fingerprint density at radius 3 is 2.44 bits per heavy atom. The van der Waals surface area contributed by atoms with E-state index in [9.17, 15) is 13.2 Å². The molecule has 0 saturated carbocycles. The number of aromatic nitrogens is 2. The minimum atomic E-state index is -3.32. The van der Waals surface area contributed by atoms with E-state index in [1.807, 2.05) is 30.5 Å². The third-order valence-electron chi connectivity index (χ3n) is 7.01. The highest BCUT2D eigenvalue weighted by molar-refractivity contribution is 7.90. The largest absolute Gasteiger partial charge is 0.457 e. The number of piperazine rings is 1. The third kappa shape index (κ3) is 7.36. The molecule has 5 rings (SSSR count). The predicted molar refractivity (Wildman–Crippen MR) is 161 cm³/mol. The van der Waals surface area contributed by atoms with Crippen molar-refractivity contribution in [3.8, 4) is 22.8 Å². The van der Waals surface area contributed by atoms with Crippen molar-refractivity contribution in [1.29, 1.82) is 0 Å². The van der Waals surface area contributed by atoms with Crippen molar-refractivity contribution < 1.29 is 17.9 Å². The van der Waals surface area contributed by atoms with Crippen molar-refractivity contribution in [2.24, 2.45) is 0 Å². The Bertz CT molecular complexity index is 1630. The number of pyridine rings is 1. The molecule has 11 heteroatoms. The molecule has 3 heterocycles. The fourth-order valence-electron chi connectivity index (χ4n) is 4.70. The monoisotopic (exact) mass is 591 g/mol. The molecule has 2 aromatic heterocycles. The van der Waals surface area contributed by atoms with Gasteiger partial charge in [-0.1, -0.05) is 13.0 Å². The van der Waals surface area contributed by atoms with Gasteiger partial charge >= 0.3 is 0 Å². The van der Waals surface area contributed by atoms with Crippen LogP contribution in [0.2, 0.25) is 0 Å². The third-order valence-corrected chi connectivity index (χ3v) is 8.94. The molecule has 214 valence electrons. The molecule has 0 bridgehead atoms. The molecular formula is C30H33N5O4S2. The van der Waals surface area contributed by atoms with Crippen molar-refractivity contribution in [2.75, 3.05) is 44.3 Å². The number of carbonyl (C=O) groups excluding carboxylic acids is 1. The maximum atomic E-state index is 13.4. The quantitative estimate of drug-likeness (QED) is 0.287. The summed E-state index contributed by atoms with van der Waals surface area (Å²) in [6, 6.07) is 15.2. The predicted octanol–water partition coefficient (Wildman–Crippen LogP) is 5.10. The van der Waals surface area contributed by atoms with Crippen molar-refractivity contribution in [3.63, 3.8) is 0 Å². The Labute approximate surface area is 244 Å². The van der Waals surface area contributed by atoms with Crippen LogP contribution in [0.3, 0.4) is 0 Å². The van der Waals surface area contributed by atoms with E-state index in [1.165, 1.54) is 23.5 Å². The molecular weight excluding hydrogens is 558 g/mol. The Balaban J connectivity index is 1.36. The lowest BCUT2D eigenvalue weighted by molar-refractivity contribution is 0.102. The first-order valence-electron chi connectivity index (χ1n) is 13.4. The average molecular weight is 592 g/mol. The summed E-state index contributed by atoms with van der Waals surface area (Å²) in [5, 5.41) is 5.47. The van der Waals surface area contributed by atoms with Crippen LogP contribution >= 0.6 is 11.3 Å². The van der Waals surface area contributed by atoms with Crippen LogP contribution in [0.25, 0.3) is 11.3 Å². The molecule has 0 radical (unpaired) electrons. The molecule has 9 nitrogen and oxygen atoms in total. The highest BCUT2D eigenvalue weighted by Gasteiger charge is 2.18. The summed E-state index contributed by atoms with van der Waals surface area (Å²) in [7, 11) is -3.32. The molecule has 1 aliphatic heterocycles. The number of amides is 1. The van der Waals surface area contributed by atoms with Gasteiger partial charge in [-0.3, -0.25) is 20.0 Å². The zero-order chi connectivity index (χ0) is 29.0. The van der Waals surface area contributed by atoms with E-state index in [2.05, 4.69) is 32.0 Å². The molecule has 41 heavy (non-hydrogen) atoms. The number of rotatable bonds is 9. The van der Waals surface area contributed by atoms with Gasteiger partial charge in [-0.2, -0.15) is 0 Å². The van der Waals surface area contributed by atoms with Gasteiger partial charge in [0.15, 0.2) is 15.0 Å². The highest BCUT2D eigenvalue weighted by Crippen LogP contribution is 2.31. The first kappa shape index (κ1) is 28.9. The highest BCUT2D eigenvalue weighted by atomic mass is 32.2. The number of sulfone groups is 1. The second-order valence-corrected chi connectivity index (χ2v) is 12.9. The number of anilines is 1. The number of hydrogen-bond acceptors (Lipinski definition) is 9. The minimum Gasteiger partial charge on any atom is -0.457 e. The lowest BCUT2D eigenvalue weighted by Crippen LogP contribution is -2.45. The van der Waals surface area contributed by atoms with Gasteiger partial charge in [0.2, 0.25) is 0 Å². The normalized spacial score (nSPS) is 14.6. The van der Waals surface area contributed by atoms with Gasteiger partial charge in [0.1, 0.15) is 11.5 Å². The maximum Gasteiger partial charge on any atom is 0.257 e. The number of benzene rings is 2. The summed E-state index contributed by atoms with van der Waals surface area (Å²) >= 11 is 1.41. The van der Waals surface area contributed by atoms with Gasteiger partial charge in [-0.15, -0.1) is 11.3 Å². The number of thiazole rings is 1. The van der Waals surface area contributed by atoms with Crippen LogP contribution < -0.4 is 10.1 Å². The summed E-state index contributed by atoms with van der Waals surface area (Å²) < 4.78 is 29.7. The van der Waals surface area contributed by atoms with Gasteiger partial charge in [0.05, 0.1) is 16.3 Å². The fraction of sp³-hybridized carbons (Fsp3) is 0.300. The van der Waals surface area contributed by atoms with Crippen LogP contribution in [-0.2, 0) is 16.4 Å². The summed E-state index contributed by atoms with van der Waals surface area (Å²) in [4.78, 5) is 27.6. The second kappa shape index (κ2) is 12.5. The van der Waals surface area contributed by atoms with Gasteiger partial charge in [-0.05, 0) is 67.6 Å². The number of hydrogen-bond donors (Lipinski definition) is 1. The van der Waals surface area contributed by atoms with Crippen molar-refractivity contribution in [1.82, 2.24) is 19.8 Å². The molecule has 4 aromatic rings. The number of ether oxygens (including phenoxy) is 1. The van der Waals surface area contributed by atoms with Crippen LogP contribution in [0.15, 0.2) is 71.1 Å². The van der Waals surface area contributed by atoms with Crippen LogP contribution in [0, 0.1) is 6.92 Å². The van der Waals surface area contributed by atoms with Crippen LogP contribution in [0.1, 0.15) is 28.5 Å². The van der Waals surface area contributed by atoms with Crippen LogP contribution in [-0.4, -0.2) is 73.1 Å². The molecule has 1 saturated heterocycles. The van der Waals surface area contributed by atoms with E-state index in [0.717, 1.165) is 68.0 Å². The van der Waals surface area contributed by atoms with Gasteiger partial charge in [0, 0.05) is 61.7 Å². The first-order valence-corrected chi connectivity index (χ1v) is 16.2. The van der Waals surface area contributed by atoms with E-state index in [0.29, 0.717) is 22.2 Å². The molecule has 0 atom stereocenters. The van der Waals surface area contributed by atoms with Crippen molar-refractivity contribution in [3.05, 3.63) is 83.0 Å². The van der Waals surface area contributed by atoms with E-state index >= 15 is 0 Å². The van der Waals surface area contributed by atoms with E-state index in [1.54, 1.807) is 30.5 Å². The smallest absolute Gasteiger partial charge is 0.257 e. The lowest BCUT2D eigenvalue weighted by atomic mass is 10.0. The standard InChI is InChI=1S/C30H33N5O4S2/c1-4-34-12-14-35(15-13-34)19-24-20-40-30(32-24)33-29(36)23-16-22(28-21(2)6-5-11-31-28)17-26(18-23)39-25-7-9-27(10-8-25)41(3,37)38/h5-11,16-18,20H,4,12-15,19H2,1-3H3,(H,32,33,36). The molecule has 1 aliphatic rings. The molecule has 0 unspecified atom stereocenters. The van der Waals surface area contributed by atoms with Crippen molar-refractivity contribution in [2.45, 2.75) is 25.3 Å². The molecule has 0 aliphatic carbocycles. The van der Waals surface area contributed by atoms with Crippen LogP contribution in [0.5, 0.6) is 11.5 Å². The summed E-state index contributed by atoms with van der Waals surface area (Å²) in [5.41, 5.74) is 3.75. The van der Waals surface area contributed by atoms with Crippen molar-refractivity contribution >= 4 is 32.2 Å². The van der Waals surface area contributed by atoms with E-state index in [-0.39, 0.29) is 10.8 Å². The van der Waals surface area contributed by atoms with Gasteiger partial charge < -0.3 is 9.64 Å². The number of aryl methyl sites for hydroxylation is 1. The zero-order valence-corrected chi connectivity index (χ0v) is 25.0. The second-order valence-electron chi connectivity index (χ2n) is 10.1. The minimum absolute atomic E-state index is 0.203. The Kier molecular flexibility index (Phi) is 8.79. The van der Waals surface area contributed by atoms with Gasteiger partial charge in [-0.25, -0.2) is 13.4 Å². The summed E-state index contributed by atoms with van der Waals surface area (Å²) in [5.74, 6) is 0.564. The number of carbonyl (C=O) groups is 1. The Hall–Kier alpha value is -3.64. The number of nitrogens with zero attached hydrogens (tertiary/aromatic N) is 4. The number of nitrogens with one attached hydrogen (secondary N) is 1. The SMILES string of the molecule is CCN1CCN(Cc2csc(NC(=O)c3cc(Oc4ccc(S(C)(=O)=O)cc4)cc(-c4ncccc4C)c3)n2)CC1. The fourth-order valence-corrected chi connectivity index (χ4v) is 6.03. The zero-order valence-electron chi connectivity index (χ0n) is 23.3. The van der Waals surface area contributed by atoms with E-state index in [4.69, 9.17) is 4.74 Å². The lowest BCUT2D eigenvalue weighted by Gasteiger charge is -2.33. The Morgan fingerprint density at radius 1 is 1.02 bits per heavy atom. The molecule has 1 fully saturated rings. The average Bonchev–Trinajstić information content (AvgIpc) is 3.39. The maximum absolute atomic E-state index is 13.4. The summed E-state index contributed by atoms with van der Waals surface area (Å²) in [6.07, 6.45) is 2.87. The van der Waals surface area contributed by atoms with Gasteiger partial charge in [0.25, 0.3) is 5.91 Å². The molecule has 0 spiro atoms. The van der Waals surface area contributed by atoms with E-state index < -0.39 is 9.84 Å². The number of likely N-dealkylation sites (N-methyl/N-ethyl adjacent to an activating group) is 1. The topological polar surface area (TPSA) is 105 Å². The Morgan fingerprint density at radius 2 is 1.76 bits per heavy atom. The van der Waals surface area contributed by atoms with Crippen LogP contribution in [0.4, 0.5) is 5.13 Å². The molecule has 1 amide bonds. The molecule has 1 N–H and O–H groups in total.